The molecule has 1 aliphatic rings. The highest BCUT2D eigenvalue weighted by Gasteiger charge is 2.23. The second kappa shape index (κ2) is 6.23. The molecule has 0 saturated heterocycles. The fourth-order valence-electron chi connectivity index (χ4n) is 2.00. The highest BCUT2D eigenvalue weighted by atomic mass is 35.5. The van der Waals surface area contributed by atoms with Gasteiger partial charge in [-0.3, -0.25) is 4.68 Å². The Hall–Kier alpha value is -0.580. The predicted octanol–water partition coefficient (Wildman–Crippen LogP) is 1.55. The van der Waals surface area contributed by atoms with E-state index in [1.54, 1.807) is 0 Å². The van der Waals surface area contributed by atoms with Crippen LogP contribution >= 0.6 is 12.4 Å². The average Bonchev–Trinajstić information content (AvgIpc) is 2.69. The normalized spacial score (nSPS) is 19.0. The fourth-order valence-corrected chi connectivity index (χ4v) is 2.00. The van der Waals surface area contributed by atoms with Gasteiger partial charge in [0.05, 0.1) is 12.3 Å². The molecule has 5 heteroatoms. The number of rotatable bonds is 4. The van der Waals surface area contributed by atoms with Crippen molar-refractivity contribution in [1.82, 2.24) is 15.1 Å². The first-order valence-electron chi connectivity index (χ1n) is 5.69. The molecule has 0 spiro atoms. The molecule has 1 aliphatic heterocycles. The van der Waals surface area contributed by atoms with E-state index in [-0.39, 0.29) is 12.4 Å². The van der Waals surface area contributed by atoms with E-state index in [0.717, 1.165) is 32.8 Å². The van der Waals surface area contributed by atoms with E-state index in [1.165, 1.54) is 11.3 Å². The molecule has 0 amide bonds. The summed E-state index contributed by atoms with van der Waals surface area (Å²) in [7, 11) is 0. The third kappa shape index (κ3) is 2.75. The van der Waals surface area contributed by atoms with Crippen LogP contribution in [0.2, 0.25) is 0 Å². The van der Waals surface area contributed by atoms with Crippen molar-refractivity contribution in [2.45, 2.75) is 32.9 Å². The van der Waals surface area contributed by atoms with E-state index in [1.807, 2.05) is 11.6 Å². The Morgan fingerprint density at radius 3 is 3.06 bits per heavy atom. The number of halogens is 1. The van der Waals surface area contributed by atoms with Crippen LogP contribution in [-0.4, -0.2) is 29.5 Å². The number of hydrogen-bond acceptors (Lipinski definition) is 3. The highest BCUT2D eigenvalue weighted by Crippen LogP contribution is 2.22. The van der Waals surface area contributed by atoms with E-state index < -0.39 is 0 Å². The van der Waals surface area contributed by atoms with Crippen LogP contribution in [-0.2, 0) is 17.8 Å². The Morgan fingerprint density at radius 2 is 2.38 bits per heavy atom. The largest absolute Gasteiger partial charge is 0.381 e. The van der Waals surface area contributed by atoms with Gasteiger partial charge in [0.25, 0.3) is 0 Å². The van der Waals surface area contributed by atoms with Gasteiger partial charge in [0.1, 0.15) is 0 Å². The number of fused-ring (bicyclic) bond motifs is 1. The van der Waals surface area contributed by atoms with Gasteiger partial charge in [-0.25, -0.2) is 0 Å². The van der Waals surface area contributed by atoms with Crippen molar-refractivity contribution >= 4 is 12.4 Å². The van der Waals surface area contributed by atoms with Crippen molar-refractivity contribution in [2.75, 3.05) is 19.8 Å². The van der Waals surface area contributed by atoms with Gasteiger partial charge in [0.15, 0.2) is 0 Å². The molecule has 0 fully saturated rings. The molecule has 1 aromatic heterocycles. The van der Waals surface area contributed by atoms with E-state index in [4.69, 9.17) is 4.74 Å². The SMILES string of the molecule is CCOCC1CNCc2cn(CC)nc21.Cl. The Bertz CT molecular complexity index is 327. The number of aromatic nitrogens is 2. The van der Waals surface area contributed by atoms with Gasteiger partial charge in [-0.05, 0) is 13.8 Å². The molecule has 0 aliphatic carbocycles. The first-order chi connectivity index (χ1) is 7.35. The zero-order valence-corrected chi connectivity index (χ0v) is 10.7. The van der Waals surface area contributed by atoms with Crippen molar-refractivity contribution in [1.29, 1.82) is 0 Å². The molecule has 16 heavy (non-hydrogen) atoms. The van der Waals surface area contributed by atoms with E-state index in [0.29, 0.717) is 5.92 Å². The predicted molar refractivity (Wildman–Crippen MR) is 66.1 cm³/mol. The smallest absolute Gasteiger partial charge is 0.0736 e. The maximum Gasteiger partial charge on any atom is 0.0736 e. The van der Waals surface area contributed by atoms with Crippen LogP contribution in [0.15, 0.2) is 6.20 Å². The van der Waals surface area contributed by atoms with Gasteiger partial charge in [0.2, 0.25) is 0 Å². The molecule has 0 saturated carbocycles. The second-order valence-electron chi connectivity index (χ2n) is 3.88. The van der Waals surface area contributed by atoms with Crippen LogP contribution in [0.25, 0.3) is 0 Å². The molecule has 0 radical (unpaired) electrons. The summed E-state index contributed by atoms with van der Waals surface area (Å²) >= 11 is 0. The number of nitrogens with one attached hydrogen (secondary N) is 1. The minimum absolute atomic E-state index is 0. The molecule has 4 nitrogen and oxygen atoms in total. The molecule has 1 aromatic rings. The van der Waals surface area contributed by atoms with Gasteiger partial charge in [-0.2, -0.15) is 5.10 Å². The third-order valence-corrected chi connectivity index (χ3v) is 2.81. The first kappa shape index (κ1) is 13.5. The van der Waals surface area contributed by atoms with Crippen molar-refractivity contribution in [2.24, 2.45) is 0 Å². The molecule has 0 aromatic carbocycles. The molecule has 1 N–H and O–H groups in total. The number of ether oxygens (including phenoxy) is 1. The van der Waals surface area contributed by atoms with Gasteiger partial charge in [-0.1, -0.05) is 0 Å². The zero-order chi connectivity index (χ0) is 10.7. The first-order valence-corrected chi connectivity index (χ1v) is 5.69. The molecular formula is C11H20ClN3O. The van der Waals surface area contributed by atoms with Crippen LogP contribution in [0.4, 0.5) is 0 Å². The second-order valence-corrected chi connectivity index (χ2v) is 3.88. The zero-order valence-electron chi connectivity index (χ0n) is 9.90. The van der Waals surface area contributed by atoms with Crippen LogP contribution in [0.3, 0.4) is 0 Å². The summed E-state index contributed by atoms with van der Waals surface area (Å²) in [5.41, 5.74) is 2.55. The summed E-state index contributed by atoms with van der Waals surface area (Å²) in [4.78, 5) is 0. The Labute approximate surface area is 103 Å². The van der Waals surface area contributed by atoms with E-state index in [9.17, 15) is 0 Å². The molecule has 2 heterocycles. The lowest BCUT2D eigenvalue weighted by atomic mass is 9.99. The van der Waals surface area contributed by atoms with E-state index in [2.05, 4.69) is 23.5 Å². The third-order valence-electron chi connectivity index (χ3n) is 2.81. The number of aryl methyl sites for hydroxylation is 1. The lowest BCUT2D eigenvalue weighted by Crippen LogP contribution is -2.30. The summed E-state index contributed by atoms with van der Waals surface area (Å²) in [6.45, 7) is 8.56. The molecule has 2 rings (SSSR count). The topological polar surface area (TPSA) is 39.1 Å². The minimum atomic E-state index is 0. The summed E-state index contributed by atoms with van der Waals surface area (Å²) in [6.07, 6.45) is 2.14. The maximum atomic E-state index is 5.48. The van der Waals surface area contributed by atoms with Gasteiger partial charge >= 0.3 is 0 Å². The van der Waals surface area contributed by atoms with Crippen LogP contribution in [0.5, 0.6) is 0 Å². The minimum Gasteiger partial charge on any atom is -0.381 e. The summed E-state index contributed by atoms with van der Waals surface area (Å²) in [5, 5.41) is 8.00. The fraction of sp³-hybridized carbons (Fsp3) is 0.727. The molecule has 92 valence electrons. The quantitative estimate of drug-likeness (QED) is 0.875. The summed E-state index contributed by atoms with van der Waals surface area (Å²) in [6, 6.07) is 0. The molecule has 1 atom stereocenters. The van der Waals surface area contributed by atoms with E-state index >= 15 is 0 Å². The van der Waals surface area contributed by atoms with Crippen molar-refractivity contribution < 1.29 is 4.74 Å². The molecule has 1 unspecified atom stereocenters. The number of nitrogens with zero attached hydrogens (tertiary/aromatic N) is 2. The van der Waals surface area contributed by atoms with Gasteiger partial charge in [0, 0.05) is 43.9 Å². The van der Waals surface area contributed by atoms with Crippen LogP contribution in [0.1, 0.15) is 31.0 Å². The maximum absolute atomic E-state index is 5.48. The Morgan fingerprint density at radius 1 is 1.56 bits per heavy atom. The van der Waals surface area contributed by atoms with Crippen LogP contribution in [0, 0.1) is 0 Å². The van der Waals surface area contributed by atoms with Crippen molar-refractivity contribution in [3.63, 3.8) is 0 Å². The average molecular weight is 246 g/mol. The summed E-state index contributed by atoms with van der Waals surface area (Å²) in [5.74, 6) is 0.418. The Kier molecular flexibility index (Phi) is 5.25. The number of hydrogen-bond donors (Lipinski definition) is 1. The molecule has 0 bridgehead atoms. The molecular weight excluding hydrogens is 226 g/mol. The van der Waals surface area contributed by atoms with Crippen molar-refractivity contribution in [3.8, 4) is 0 Å². The van der Waals surface area contributed by atoms with Gasteiger partial charge in [-0.15, -0.1) is 12.4 Å². The van der Waals surface area contributed by atoms with Crippen molar-refractivity contribution in [3.05, 3.63) is 17.5 Å². The monoisotopic (exact) mass is 245 g/mol. The standard InChI is InChI=1S/C11H19N3O.ClH/c1-3-14-7-9-5-12-6-10(8-15-4-2)11(9)13-14;/h7,10,12H,3-6,8H2,1-2H3;1H. The lowest BCUT2D eigenvalue weighted by Gasteiger charge is -2.21. The lowest BCUT2D eigenvalue weighted by molar-refractivity contribution is 0.128. The Balaban J connectivity index is 0.00000128. The van der Waals surface area contributed by atoms with Gasteiger partial charge < -0.3 is 10.1 Å². The highest BCUT2D eigenvalue weighted by molar-refractivity contribution is 5.85. The summed E-state index contributed by atoms with van der Waals surface area (Å²) < 4.78 is 7.49. The van der Waals surface area contributed by atoms with Crippen LogP contribution < -0.4 is 5.32 Å².